The van der Waals surface area contributed by atoms with Crippen LogP contribution in [0.1, 0.15) is 27.7 Å². The molecule has 0 bridgehead atoms. The number of benzene rings is 1. The Morgan fingerprint density at radius 3 is 2.70 bits per heavy atom. The molecule has 0 aliphatic rings. The lowest BCUT2D eigenvalue weighted by Crippen LogP contribution is -2.34. The summed E-state index contributed by atoms with van der Waals surface area (Å²) in [4.78, 5) is 18.7. The molecule has 0 saturated carbocycles. The van der Waals surface area contributed by atoms with Crippen LogP contribution in [0.4, 0.5) is 0 Å². The van der Waals surface area contributed by atoms with Crippen LogP contribution in [-0.4, -0.2) is 36.4 Å². The number of amides is 1. The SMILES string of the molecule is CN(C)C(CNC(=O)c1ccnc(OCc2ccccc2)c1)c1ccco1. The van der Waals surface area contributed by atoms with Gasteiger partial charge in [-0.05, 0) is 37.9 Å². The Kier molecular flexibility index (Phi) is 6.22. The molecular weight excluding hydrogens is 342 g/mol. The largest absolute Gasteiger partial charge is 0.473 e. The first-order valence-corrected chi connectivity index (χ1v) is 8.74. The van der Waals surface area contributed by atoms with E-state index in [0.717, 1.165) is 11.3 Å². The van der Waals surface area contributed by atoms with E-state index in [-0.39, 0.29) is 11.9 Å². The van der Waals surface area contributed by atoms with Gasteiger partial charge in [0.05, 0.1) is 12.3 Å². The minimum Gasteiger partial charge on any atom is -0.473 e. The molecule has 1 unspecified atom stereocenters. The number of aromatic nitrogens is 1. The molecule has 2 aromatic heterocycles. The minimum absolute atomic E-state index is 0.0420. The average Bonchev–Trinajstić information content (AvgIpc) is 3.21. The molecule has 1 amide bonds. The number of carbonyl (C=O) groups excluding carboxylic acids is 1. The number of ether oxygens (including phenoxy) is 1. The maximum Gasteiger partial charge on any atom is 0.251 e. The summed E-state index contributed by atoms with van der Waals surface area (Å²) in [6, 6.07) is 16.8. The maximum absolute atomic E-state index is 12.5. The van der Waals surface area contributed by atoms with Crippen LogP contribution in [0.2, 0.25) is 0 Å². The van der Waals surface area contributed by atoms with E-state index in [1.165, 1.54) is 0 Å². The molecule has 2 heterocycles. The Labute approximate surface area is 158 Å². The number of nitrogens with zero attached hydrogens (tertiary/aromatic N) is 2. The van der Waals surface area contributed by atoms with Crippen LogP contribution in [0, 0.1) is 0 Å². The smallest absolute Gasteiger partial charge is 0.251 e. The van der Waals surface area contributed by atoms with Crippen LogP contribution in [-0.2, 0) is 6.61 Å². The highest BCUT2D eigenvalue weighted by Gasteiger charge is 2.18. The quantitative estimate of drug-likeness (QED) is 0.663. The number of hydrogen-bond acceptors (Lipinski definition) is 5. The van der Waals surface area contributed by atoms with Crippen molar-refractivity contribution in [2.75, 3.05) is 20.6 Å². The number of furan rings is 1. The summed E-state index contributed by atoms with van der Waals surface area (Å²) in [6.45, 7) is 0.835. The van der Waals surface area contributed by atoms with Crippen molar-refractivity contribution < 1.29 is 13.9 Å². The monoisotopic (exact) mass is 365 g/mol. The number of likely N-dealkylation sites (N-methyl/N-ethyl adjacent to an activating group) is 1. The van der Waals surface area contributed by atoms with E-state index in [9.17, 15) is 4.79 Å². The molecule has 1 aromatic carbocycles. The van der Waals surface area contributed by atoms with E-state index in [0.29, 0.717) is 24.6 Å². The Bertz CT molecular complexity index is 848. The molecule has 140 valence electrons. The van der Waals surface area contributed by atoms with Crippen molar-refractivity contribution in [3.8, 4) is 5.88 Å². The molecule has 27 heavy (non-hydrogen) atoms. The van der Waals surface area contributed by atoms with Gasteiger partial charge in [-0.2, -0.15) is 0 Å². The van der Waals surface area contributed by atoms with Gasteiger partial charge in [0.25, 0.3) is 5.91 Å². The first kappa shape index (κ1) is 18.7. The van der Waals surface area contributed by atoms with Crippen LogP contribution >= 0.6 is 0 Å². The number of hydrogen-bond donors (Lipinski definition) is 1. The summed E-state index contributed by atoms with van der Waals surface area (Å²) < 4.78 is 11.2. The van der Waals surface area contributed by atoms with Crippen LogP contribution in [0.5, 0.6) is 5.88 Å². The highest BCUT2D eigenvalue weighted by Crippen LogP contribution is 2.18. The zero-order valence-corrected chi connectivity index (χ0v) is 15.5. The summed E-state index contributed by atoms with van der Waals surface area (Å²) in [5.41, 5.74) is 1.55. The first-order chi connectivity index (χ1) is 13.1. The summed E-state index contributed by atoms with van der Waals surface area (Å²) in [5, 5.41) is 2.95. The van der Waals surface area contributed by atoms with E-state index < -0.39 is 0 Å². The van der Waals surface area contributed by atoms with Crippen LogP contribution in [0.15, 0.2) is 71.5 Å². The third-order valence-corrected chi connectivity index (χ3v) is 4.18. The highest BCUT2D eigenvalue weighted by atomic mass is 16.5. The standard InChI is InChI=1S/C21H23N3O3/c1-24(2)18(19-9-6-12-26-19)14-23-21(25)17-10-11-22-20(13-17)27-15-16-7-4-3-5-8-16/h3-13,18H,14-15H2,1-2H3,(H,23,25). The molecule has 3 rings (SSSR count). The lowest BCUT2D eigenvalue weighted by Gasteiger charge is -2.22. The van der Waals surface area contributed by atoms with Gasteiger partial charge < -0.3 is 14.5 Å². The Balaban J connectivity index is 1.59. The molecule has 0 spiro atoms. The van der Waals surface area contributed by atoms with E-state index in [4.69, 9.17) is 9.15 Å². The molecule has 6 nitrogen and oxygen atoms in total. The Hall–Kier alpha value is -3.12. The molecule has 0 aliphatic heterocycles. The Morgan fingerprint density at radius 2 is 2.00 bits per heavy atom. The summed E-state index contributed by atoms with van der Waals surface area (Å²) in [6.07, 6.45) is 3.21. The van der Waals surface area contributed by atoms with Crippen molar-refractivity contribution >= 4 is 5.91 Å². The van der Waals surface area contributed by atoms with Crippen molar-refractivity contribution in [2.24, 2.45) is 0 Å². The van der Waals surface area contributed by atoms with Crippen molar-refractivity contribution in [3.63, 3.8) is 0 Å². The lowest BCUT2D eigenvalue weighted by molar-refractivity contribution is 0.0938. The fourth-order valence-corrected chi connectivity index (χ4v) is 2.67. The molecule has 3 aromatic rings. The normalized spacial score (nSPS) is 12.0. The fourth-order valence-electron chi connectivity index (χ4n) is 2.67. The van der Waals surface area contributed by atoms with Gasteiger partial charge in [0.1, 0.15) is 12.4 Å². The van der Waals surface area contributed by atoms with Crippen molar-refractivity contribution in [2.45, 2.75) is 12.6 Å². The lowest BCUT2D eigenvalue weighted by atomic mass is 10.2. The van der Waals surface area contributed by atoms with Gasteiger partial charge in [-0.3, -0.25) is 9.69 Å². The number of rotatable bonds is 8. The number of nitrogens with one attached hydrogen (secondary N) is 1. The van der Waals surface area contributed by atoms with Crippen LogP contribution in [0.3, 0.4) is 0 Å². The van der Waals surface area contributed by atoms with E-state index in [1.54, 1.807) is 24.6 Å². The summed E-state index contributed by atoms with van der Waals surface area (Å²) in [5.74, 6) is 1.05. The zero-order valence-electron chi connectivity index (χ0n) is 15.5. The van der Waals surface area contributed by atoms with Crippen molar-refractivity contribution in [3.05, 3.63) is 83.9 Å². The van der Waals surface area contributed by atoms with Crippen molar-refractivity contribution in [1.29, 1.82) is 0 Å². The molecule has 0 aliphatic carbocycles. The van der Waals surface area contributed by atoms with Gasteiger partial charge in [-0.15, -0.1) is 0 Å². The predicted octanol–water partition coefficient (Wildman–Crippen LogP) is 3.29. The Morgan fingerprint density at radius 1 is 1.19 bits per heavy atom. The molecule has 6 heteroatoms. The fraction of sp³-hybridized carbons (Fsp3) is 0.238. The first-order valence-electron chi connectivity index (χ1n) is 8.74. The van der Waals surface area contributed by atoms with Gasteiger partial charge in [0.15, 0.2) is 0 Å². The van der Waals surface area contributed by atoms with E-state index >= 15 is 0 Å². The minimum atomic E-state index is -0.180. The third kappa shape index (κ3) is 5.18. The molecule has 1 atom stereocenters. The van der Waals surface area contributed by atoms with Gasteiger partial charge in [0.2, 0.25) is 5.88 Å². The van der Waals surface area contributed by atoms with Crippen molar-refractivity contribution in [1.82, 2.24) is 15.2 Å². The van der Waals surface area contributed by atoms with E-state index in [1.807, 2.05) is 61.5 Å². The zero-order chi connectivity index (χ0) is 19.1. The van der Waals surface area contributed by atoms with E-state index in [2.05, 4.69) is 10.3 Å². The maximum atomic E-state index is 12.5. The van der Waals surface area contributed by atoms with Gasteiger partial charge in [0, 0.05) is 24.4 Å². The predicted molar refractivity (Wildman–Crippen MR) is 102 cm³/mol. The van der Waals surface area contributed by atoms with Crippen LogP contribution in [0.25, 0.3) is 0 Å². The number of pyridine rings is 1. The molecule has 1 N–H and O–H groups in total. The highest BCUT2D eigenvalue weighted by molar-refractivity contribution is 5.94. The second kappa shape index (κ2) is 9.00. The van der Waals surface area contributed by atoms with Gasteiger partial charge in [-0.25, -0.2) is 4.98 Å². The summed E-state index contributed by atoms with van der Waals surface area (Å²) in [7, 11) is 3.89. The average molecular weight is 365 g/mol. The molecule has 0 saturated heterocycles. The molecule has 0 fully saturated rings. The number of carbonyl (C=O) groups is 1. The van der Waals surface area contributed by atoms with Crippen LogP contribution < -0.4 is 10.1 Å². The molecular formula is C21H23N3O3. The molecule has 0 radical (unpaired) electrons. The third-order valence-electron chi connectivity index (χ3n) is 4.18. The second-order valence-electron chi connectivity index (χ2n) is 6.36. The van der Waals surface area contributed by atoms with Gasteiger partial charge in [-0.1, -0.05) is 30.3 Å². The summed E-state index contributed by atoms with van der Waals surface area (Å²) >= 11 is 0. The van der Waals surface area contributed by atoms with Gasteiger partial charge >= 0.3 is 0 Å². The topological polar surface area (TPSA) is 67.6 Å². The second-order valence-corrected chi connectivity index (χ2v) is 6.36.